The van der Waals surface area contributed by atoms with Crippen molar-refractivity contribution in [2.75, 3.05) is 6.61 Å². The minimum absolute atomic E-state index is 0.0455. The van der Waals surface area contributed by atoms with Crippen LogP contribution in [0.1, 0.15) is 35.5 Å². The zero-order valence-corrected chi connectivity index (χ0v) is 14.6. The molecule has 0 aliphatic carbocycles. The highest BCUT2D eigenvalue weighted by atomic mass is 16.5. The highest BCUT2D eigenvalue weighted by Crippen LogP contribution is 2.17. The molecule has 5 nitrogen and oxygen atoms in total. The van der Waals surface area contributed by atoms with Gasteiger partial charge < -0.3 is 14.6 Å². The van der Waals surface area contributed by atoms with E-state index in [-0.39, 0.29) is 11.9 Å². The lowest BCUT2D eigenvalue weighted by Gasteiger charge is -2.24. The van der Waals surface area contributed by atoms with Gasteiger partial charge >= 0.3 is 0 Å². The summed E-state index contributed by atoms with van der Waals surface area (Å²) < 4.78 is 7.83. The van der Waals surface area contributed by atoms with E-state index in [1.165, 1.54) is 11.1 Å². The average Bonchev–Trinajstić information content (AvgIpc) is 2.90. The van der Waals surface area contributed by atoms with E-state index in [2.05, 4.69) is 34.9 Å². The highest BCUT2D eigenvalue weighted by molar-refractivity contribution is 5.76. The third-order valence-electron chi connectivity index (χ3n) is 4.55. The lowest BCUT2D eigenvalue weighted by Crippen LogP contribution is -2.41. The number of carbonyl (C=O) groups is 1. The van der Waals surface area contributed by atoms with Gasteiger partial charge in [0.2, 0.25) is 5.91 Å². The van der Waals surface area contributed by atoms with Gasteiger partial charge in [0.1, 0.15) is 11.6 Å². The van der Waals surface area contributed by atoms with Gasteiger partial charge in [0.05, 0.1) is 18.7 Å². The van der Waals surface area contributed by atoms with E-state index in [9.17, 15) is 4.79 Å². The number of hydrogen-bond donors (Lipinski definition) is 1. The highest BCUT2D eigenvalue weighted by Gasteiger charge is 2.21. The molecule has 0 fully saturated rings. The maximum Gasteiger partial charge on any atom is 0.223 e. The first-order chi connectivity index (χ1) is 11.5. The van der Waals surface area contributed by atoms with Crippen molar-refractivity contribution in [3.8, 4) is 5.75 Å². The number of carbonyl (C=O) groups excluding carboxylic acids is 1. The Balaban J connectivity index is 1.44. The number of hydrogen-bond acceptors (Lipinski definition) is 3. The van der Waals surface area contributed by atoms with Crippen molar-refractivity contribution in [1.82, 2.24) is 14.9 Å². The van der Waals surface area contributed by atoms with Crippen LogP contribution in [0.4, 0.5) is 0 Å². The van der Waals surface area contributed by atoms with Crippen molar-refractivity contribution in [2.45, 2.75) is 52.6 Å². The summed E-state index contributed by atoms with van der Waals surface area (Å²) >= 11 is 0. The zero-order chi connectivity index (χ0) is 17.1. The second kappa shape index (κ2) is 7.07. The summed E-state index contributed by atoms with van der Waals surface area (Å²) in [5.74, 6) is 1.99. The second-order valence-corrected chi connectivity index (χ2v) is 6.60. The Bertz CT molecular complexity index is 736. The molecule has 0 saturated carbocycles. The summed E-state index contributed by atoms with van der Waals surface area (Å²) in [5, 5.41) is 3.11. The largest absolute Gasteiger partial charge is 0.493 e. The van der Waals surface area contributed by atoms with Gasteiger partial charge in [-0.3, -0.25) is 4.79 Å². The van der Waals surface area contributed by atoms with Crippen molar-refractivity contribution in [3.05, 3.63) is 47.0 Å². The maximum atomic E-state index is 12.1. The SMILES string of the molecule is Cc1cn2c(n1)CCC(NC(=O)CCOc1ccc(C)c(C)c1)C2. The Morgan fingerprint density at radius 2 is 2.17 bits per heavy atom. The Kier molecular flexibility index (Phi) is 4.88. The van der Waals surface area contributed by atoms with E-state index in [1.807, 2.05) is 25.1 Å². The molecule has 1 N–H and O–H groups in total. The van der Waals surface area contributed by atoms with Crippen LogP contribution in [0.3, 0.4) is 0 Å². The molecule has 1 aromatic carbocycles. The van der Waals surface area contributed by atoms with Gasteiger partial charge in [0.15, 0.2) is 0 Å². The quantitative estimate of drug-likeness (QED) is 0.918. The van der Waals surface area contributed by atoms with Crippen molar-refractivity contribution in [2.24, 2.45) is 0 Å². The van der Waals surface area contributed by atoms with Crippen LogP contribution in [0.2, 0.25) is 0 Å². The summed E-state index contributed by atoms with van der Waals surface area (Å²) in [6.45, 7) is 7.34. The molecule has 2 aromatic rings. The predicted molar refractivity (Wildman–Crippen MR) is 93.2 cm³/mol. The molecule has 0 saturated heterocycles. The molecule has 2 heterocycles. The number of fused-ring (bicyclic) bond motifs is 1. The summed E-state index contributed by atoms with van der Waals surface area (Å²) in [6, 6.07) is 6.18. The topological polar surface area (TPSA) is 56.2 Å². The van der Waals surface area contributed by atoms with Gasteiger partial charge in [-0.25, -0.2) is 4.98 Å². The first-order valence-corrected chi connectivity index (χ1v) is 8.53. The Morgan fingerprint density at radius 3 is 2.96 bits per heavy atom. The number of ether oxygens (including phenoxy) is 1. The number of nitrogens with one attached hydrogen (secondary N) is 1. The number of amides is 1. The van der Waals surface area contributed by atoms with Crippen molar-refractivity contribution >= 4 is 5.91 Å². The van der Waals surface area contributed by atoms with Crippen molar-refractivity contribution in [1.29, 1.82) is 0 Å². The Labute approximate surface area is 143 Å². The summed E-state index contributed by atoms with van der Waals surface area (Å²) in [4.78, 5) is 16.6. The monoisotopic (exact) mass is 327 g/mol. The van der Waals surface area contributed by atoms with Crippen LogP contribution in [-0.4, -0.2) is 28.1 Å². The Morgan fingerprint density at radius 1 is 1.33 bits per heavy atom. The fourth-order valence-electron chi connectivity index (χ4n) is 3.07. The molecule has 1 aliphatic rings. The number of benzene rings is 1. The van der Waals surface area contributed by atoms with Gasteiger partial charge in [-0.1, -0.05) is 6.07 Å². The summed E-state index contributed by atoms with van der Waals surface area (Å²) in [7, 11) is 0. The van der Waals surface area contributed by atoms with Crippen LogP contribution >= 0.6 is 0 Å². The predicted octanol–water partition coefficient (Wildman–Crippen LogP) is 2.71. The summed E-state index contributed by atoms with van der Waals surface area (Å²) in [6.07, 6.45) is 4.29. The molecule has 1 amide bonds. The summed E-state index contributed by atoms with van der Waals surface area (Å²) in [5.41, 5.74) is 3.48. The molecule has 5 heteroatoms. The molecular weight excluding hydrogens is 302 g/mol. The third kappa shape index (κ3) is 3.96. The van der Waals surface area contributed by atoms with Gasteiger partial charge in [0.25, 0.3) is 0 Å². The molecule has 0 radical (unpaired) electrons. The fraction of sp³-hybridized carbons (Fsp3) is 0.474. The number of aromatic nitrogens is 2. The normalized spacial score (nSPS) is 16.5. The maximum absolute atomic E-state index is 12.1. The van der Waals surface area contributed by atoms with Crippen molar-refractivity contribution in [3.63, 3.8) is 0 Å². The van der Waals surface area contributed by atoms with E-state index < -0.39 is 0 Å². The molecule has 0 bridgehead atoms. The van der Waals surface area contributed by atoms with Gasteiger partial charge in [-0.05, 0) is 50.5 Å². The standard InChI is InChI=1S/C19H25N3O2/c1-13-4-6-17(10-14(13)2)24-9-8-19(23)21-16-5-7-18-20-15(3)11-22(18)12-16/h4,6,10-11,16H,5,7-9,12H2,1-3H3,(H,21,23). The Hall–Kier alpha value is -2.30. The van der Waals surface area contributed by atoms with Crippen LogP contribution in [0, 0.1) is 20.8 Å². The molecule has 24 heavy (non-hydrogen) atoms. The minimum Gasteiger partial charge on any atom is -0.493 e. The molecular formula is C19H25N3O2. The molecule has 0 spiro atoms. The number of nitrogens with zero attached hydrogens (tertiary/aromatic N) is 2. The second-order valence-electron chi connectivity index (χ2n) is 6.60. The van der Waals surface area contributed by atoms with Gasteiger partial charge in [0, 0.05) is 25.2 Å². The average molecular weight is 327 g/mol. The van der Waals surface area contributed by atoms with Crippen LogP contribution < -0.4 is 10.1 Å². The fourth-order valence-corrected chi connectivity index (χ4v) is 3.07. The molecule has 1 unspecified atom stereocenters. The van der Waals surface area contributed by atoms with Gasteiger partial charge in [-0.15, -0.1) is 0 Å². The molecule has 1 aliphatic heterocycles. The number of imidazole rings is 1. The number of rotatable bonds is 5. The molecule has 128 valence electrons. The third-order valence-corrected chi connectivity index (χ3v) is 4.55. The molecule has 3 rings (SSSR count). The van der Waals surface area contributed by atoms with Crippen LogP contribution in [0.15, 0.2) is 24.4 Å². The van der Waals surface area contributed by atoms with Crippen LogP contribution in [0.5, 0.6) is 5.75 Å². The van der Waals surface area contributed by atoms with Crippen LogP contribution in [-0.2, 0) is 17.8 Å². The van der Waals surface area contributed by atoms with Crippen molar-refractivity contribution < 1.29 is 9.53 Å². The van der Waals surface area contributed by atoms with Crippen LogP contribution in [0.25, 0.3) is 0 Å². The van der Waals surface area contributed by atoms with Gasteiger partial charge in [-0.2, -0.15) is 0 Å². The molecule has 1 atom stereocenters. The zero-order valence-electron chi connectivity index (χ0n) is 14.6. The lowest BCUT2D eigenvalue weighted by molar-refractivity contribution is -0.122. The first kappa shape index (κ1) is 16.6. The first-order valence-electron chi connectivity index (χ1n) is 8.53. The minimum atomic E-state index is 0.0455. The molecule has 1 aromatic heterocycles. The smallest absolute Gasteiger partial charge is 0.223 e. The van der Waals surface area contributed by atoms with E-state index >= 15 is 0 Å². The van der Waals surface area contributed by atoms with E-state index in [0.29, 0.717) is 13.0 Å². The van der Waals surface area contributed by atoms with E-state index in [0.717, 1.165) is 36.7 Å². The lowest BCUT2D eigenvalue weighted by atomic mass is 10.1. The van der Waals surface area contributed by atoms with E-state index in [1.54, 1.807) is 0 Å². The number of aryl methyl sites for hydroxylation is 4. The van der Waals surface area contributed by atoms with E-state index in [4.69, 9.17) is 4.74 Å².